The number of anilines is 2. The molecule has 2 N–H and O–H groups in total. The molecule has 0 unspecified atom stereocenters. The van der Waals surface area contributed by atoms with Crippen LogP contribution in [-0.4, -0.2) is 16.7 Å². The predicted molar refractivity (Wildman–Crippen MR) is 114 cm³/mol. The van der Waals surface area contributed by atoms with Crippen molar-refractivity contribution in [3.8, 4) is 11.3 Å². The first-order valence-electron chi connectivity index (χ1n) is 9.12. The fraction of sp³-hybridized carbons (Fsp3) is 0.143. The van der Waals surface area contributed by atoms with E-state index in [2.05, 4.69) is 10.6 Å². The zero-order chi connectivity index (χ0) is 21.7. The summed E-state index contributed by atoms with van der Waals surface area (Å²) in [7, 11) is 0. The highest BCUT2D eigenvalue weighted by molar-refractivity contribution is 6.34. The Hall–Kier alpha value is -3.65. The molecular formula is C21H18ClN3O5. The van der Waals surface area contributed by atoms with Crippen LogP contribution in [0.1, 0.15) is 30.3 Å². The van der Waals surface area contributed by atoms with Gasteiger partial charge in [-0.15, -0.1) is 0 Å². The molecule has 3 aromatic rings. The molecule has 2 aromatic carbocycles. The minimum atomic E-state index is -0.550. The molecular weight excluding hydrogens is 410 g/mol. The monoisotopic (exact) mass is 427 g/mol. The van der Waals surface area contributed by atoms with Crippen molar-refractivity contribution in [2.45, 2.75) is 19.8 Å². The Kier molecular flexibility index (Phi) is 6.48. The molecule has 30 heavy (non-hydrogen) atoms. The third kappa shape index (κ3) is 5.03. The number of carbonyl (C=O) groups is 2. The van der Waals surface area contributed by atoms with E-state index >= 15 is 0 Å². The van der Waals surface area contributed by atoms with E-state index in [-0.39, 0.29) is 17.4 Å². The lowest BCUT2D eigenvalue weighted by atomic mass is 10.1. The van der Waals surface area contributed by atoms with Gasteiger partial charge in [0.05, 0.1) is 15.6 Å². The average molecular weight is 428 g/mol. The van der Waals surface area contributed by atoms with Crippen LogP contribution in [0.15, 0.2) is 59.0 Å². The van der Waals surface area contributed by atoms with Crippen molar-refractivity contribution in [3.05, 3.63) is 75.5 Å². The number of nitrogens with one attached hydrogen (secondary N) is 2. The third-order valence-corrected chi connectivity index (χ3v) is 4.48. The molecule has 0 aliphatic carbocycles. The molecule has 8 nitrogen and oxygen atoms in total. The highest BCUT2D eigenvalue weighted by atomic mass is 35.5. The van der Waals surface area contributed by atoms with Gasteiger partial charge in [0.2, 0.25) is 5.91 Å². The van der Waals surface area contributed by atoms with Crippen LogP contribution < -0.4 is 10.6 Å². The Bertz CT molecular complexity index is 1110. The van der Waals surface area contributed by atoms with Crippen LogP contribution in [0.3, 0.4) is 0 Å². The second kappa shape index (κ2) is 9.23. The summed E-state index contributed by atoms with van der Waals surface area (Å²) in [6.07, 6.45) is 1.10. The number of nitrogens with zero attached hydrogens (tertiary/aromatic N) is 1. The minimum Gasteiger partial charge on any atom is -0.451 e. The van der Waals surface area contributed by atoms with E-state index < -0.39 is 10.8 Å². The summed E-state index contributed by atoms with van der Waals surface area (Å²) in [6.45, 7) is 1.90. The molecule has 1 aromatic heterocycles. The number of hydrogen-bond donors (Lipinski definition) is 2. The van der Waals surface area contributed by atoms with Crippen LogP contribution in [-0.2, 0) is 4.79 Å². The van der Waals surface area contributed by atoms with Crippen LogP contribution in [0, 0.1) is 10.1 Å². The Labute approximate surface area is 177 Å². The van der Waals surface area contributed by atoms with E-state index in [0.717, 1.165) is 0 Å². The molecule has 0 aliphatic rings. The number of furan rings is 1. The van der Waals surface area contributed by atoms with E-state index in [1.165, 1.54) is 24.3 Å². The van der Waals surface area contributed by atoms with Gasteiger partial charge >= 0.3 is 0 Å². The van der Waals surface area contributed by atoms with Crippen LogP contribution in [0.4, 0.5) is 17.1 Å². The summed E-state index contributed by atoms with van der Waals surface area (Å²) in [4.78, 5) is 34.8. The van der Waals surface area contributed by atoms with Gasteiger partial charge in [0.25, 0.3) is 11.6 Å². The van der Waals surface area contributed by atoms with Crippen molar-refractivity contribution in [2.75, 3.05) is 10.6 Å². The first-order chi connectivity index (χ1) is 14.4. The van der Waals surface area contributed by atoms with E-state index in [9.17, 15) is 19.7 Å². The van der Waals surface area contributed by atoms with Crippen LogP contribution in [0.5, 0.6) is 0 Å². The van der Waals surface area contributed by atoms with Gasteiger partial charge in [-0.1, -0.05) is 30.7 Å². The molecule has 0 saturated carbocycles. The predicted octanol–water partition coefficient (Wildman–Crippen LogP) is 5.50. The first kappa shape index (κ1) is 21.1. The van der Waals surface area contributed by atoms with E-state index in [0.29, 0.717) is 40.6 Å². The van der Waals surface area contributed by atoms with Crippen LogP contribution in [0.2, 0.25) is 5.02 Å². The van der Waals surface area contributed by atoms with Gasteiger partial charge in [-0.25, -0.2) is 0 Å². The van der Waals surface area contributed by atoms with Gasteiger partial charge < -0.3 is 15.1 Å². The lowest BCUT2D eigenvalue weighted by Crippen LogP contribution is -2.13. The van der Waals surface area contributed by atoms with Crippen LogP contribution >= 0.6 is 11.6 Å². The maximum Gasteiger partial charge on any atom is 0.291 e. The fourth-order valence-electron chi connectivity index (χ4n) is 2.72. The Morgan fingerprint density at radius 1 is 1.10 bits per heavy atom. The topological polar surface area (TPSA) is 114 Å². The lowest BCUT2D eigenvalue weighted by molar-refractivity contribution is -0.384. The van der Waals surface area contributed by atoms with E-state index in [1.54, 1.807) is 30.3 Å². The normalized spacial score (nSPS) is 10.5. The Morgan fingerprint density at radius 3 is 2.63 bits per heavy atom. The van der Waals surface area contributed by atoms with Crippen molar-refractivity contribution in [2.24, 2.45) is 0 Å². The zero-order valence-corrected chi connectivity index (χ0v) is 16.7. The smallest absolute Gasteiger partial charge is 0.291 e. The molecule has 0 saturated heterocycles. The number of carbonyl (C=O) groups excluding carboxylic acids is 2. The number of halogens is 1. The maximum atomic E-state index is 12.6. The third-order valence-electron chi connectivity index (χ3n) is 4.15. The molecule has 154 valence electrons. The summed E-state index contributed by atoms with van der Waals surface area (Å²) < 4.78 is 5.56. The lowest BCUT2D eigenvalue weighted by Gasteiger charge is -2.10. The molecule has 3 rings (SSSR count). The molecule has 0 aliphatic heterocycles. The number of rotatable bonds is 7. The first-order valence-corrected chi connectivity index (χ1v) is 9.50. The summed E-state index contributed by atoms with van der Waals surface area (Å²) in [5.41, 5.74) is 1.21. The van der Waals surface area contributed by atoms with E-state index in [1.807, 2.05) is 6.92 Å². The number of non-ortho nitro benzene ring substituents is 1. The highest BCUT2D eigenvalue weighted by Gasteiger charge is 2.16. The van der Waals surface area contributed by atoms with Crippen molar-refractivity contribution < 1.29 is 18.9 Å². The molecule has 0 radical (unpaired) electrons. The molecule has 0 fully saturated rings. The molecule has 0 atom stereocenters. The van der Waals surface area contributed by atoms with Crippen LogP contribution in [0.25, 0.3) is 11.3 Å². The largest absolute Gasteiger partial charge is 0.451 e. The number of amides is 2. The number of benzene rings is 2. The number of nitro groups is 1. The SMILES string of the molecule is CCCC(=O)Nc1ccc(Cl)c(NC(=O)c2ccc(-c3cccc([N+](=O)[O-])c3)o2)c1. The molecule has 0 bridgehead atoms. The van der Waals surface area contributed by atoms with Gasteiger partial charge in [-0.05, 0) is 36.8 Å². The van der Waals surface area contributed by atoms with E-state index in [4.69, 9.17) is 16.0 Å². The van der Waals surface area contributed by atoms with Gasteiger partial charge in [0.15, 0.2) is 5.76 Å². The maximum absolute atomic E-state index is 12.6. The minimum absolute atomic E-state index is 0.00740. The fourth-order valence-corrected chi connectivity index (χ4v) is 2.89. The highest BCUT2D eigenvalue weighted by Crippen LogP contribution is 2.28. The summed E-state index contributed by atoms with van der Waals surface area (Å²) >= 11 is 6.15. The summed E-state index contributed by atoms with van der Waals surface area (Å²) in [5, 5.41) is 16.6. The zero-order valence-electron chi connectivity index (χ0n) is 16.0. The van der Waals surface area contributed by atoms with Gasteiger partial charge in [0, 0.05) is 29.8 Å². The Balaban J connectivity index is 1.76. The molecule has 9 heteroatoms. The van der Waals surface area contributed by atoms with Gasteiger partial charge in [-0.2, -0.15) is 0 Å². The van der Waals surface area contributed by atoms with Crippen molar-refractivity contribution in [3.63, 3.8) is 0 Å². The van der Waals surface area contributed by atoms with Crippen molar-refractivity contribution in [1.29, 1.82) is 0 Å². The quantitative estimate of drug-likeness (QED) is 0.381. The summed E-state index contributed by atoms with van der Waals surface area (Å²) in [6, 6.07) is 13.7. The standard InChI is InChI=1S/C21H18ClN3O5/c1-2-4-20(26)23-14-7-8-16(22)17(12-14)24-21(27)19-10-9-18(30-19)13-5-3-6-15(11-13)25(28)29/h3,5-12H,2,4H2,1H3,(H,23,26)(H,24,27). The van der Waals surface area contributed by atoms with Crippen molar-refractivity contribution in [1.82, 2.24) is 0 Å². The molecule has 0 spiro atoms. The summed E-state index contributed by atoms with van der Waals surface area (Å²) in [5.74, 6) is -0.362. The Morgan fingerprint density at radius 2 is 1.90 bits per heavy atom. The number of nitro benzene ring substituents is 1. The molecule has 2 amide bonds. The second-order valence-corrected chi connectivity index (χ2v) is 6.83. The van der Waals surface area contributed by atoms with Gasteiger partial charge in [-0.3, -0.25) is 19.7 Å². The van der Waals surface area contributed by atoms with Crippen molar-refractivity contribution >= 4 is 40.5 Å². The molecule has 1 heterocycles. The average Bonchev–Trinajstić information content (AvgIpc) is 3.21. The number of hydrogen-bond acceptors (Lipinski definition) is 5. The second-order valence-electron chi connectivity index (χ2n) is 6.42. The van der Waals surface area contributed by atoms with Gasteiger partial charge in [0.1, 0.15) is 5.76 Å².